The van der Waals surface area contributed by atoms with Gasteiger partial charge >= 0.3 is 0 Å². The predicted molar refractivity (Wildman–Crippen MR) is 81.0 cm³/mol. The van der Waals surface area contributed by atoms with Crippen LogP contribution in [0, 0.1) is 0 Å². The van der Waals surface area contributed by atoms with Crippen LogP contribution in [0.2, 0.25) is 0 Å². The van der Waals surface area contributed by atoms with Gasteiger partial charge in [-0.15, -0.1) is 0 Å². The number of anilines is 1. The van der Waals surface area contributed by atoms with Crippen LogP contribution in [0.1, 0.15) is 12.6 Å². The van der Waals surface area contributed by atoms with E-state index in [2.05, 4.69) is 78.2 Å². The van der Waals surface area contributed by atoms with Gasteiger partial charge in [-0.3, -0.25) is 0 Å². The van der Waals surface area contributed by atoms with Gasteiger partial charge in [0.25, 0.3) is 0 Å². The fraction of sp³-hybridized carbons (Fsp3) is 0.188. The van der Waals surface area contributed by atoms with Crippen LogP contribution in [-0.2, 0) is 6.54 Å². The lowest BCUT2D eigenvalue weighted by molar-refractivity contribution is -0.695. The Bertz CT molecular complexity index is 640. The number of rotatable bonds is 2. The summed E-state index contributed by atoms with van der Waals surface area (Å²) in [6.45, 7) is 3.16. The summed E-state index contributed by atoms with van der Waals surface area (Å²) in [6, 6.07) is 14.9. The summed E-state index contributed by atoms with van der Waals surface area (Å²) in [5.74, 6) is 0. The summed E-state index contributed by atoms with van der Waals surface area (Å²) in [5.41, 5.74) is 2.53. The number of fused-ring (bicyclic) bond motifs is 1. The van der Waals surface area contributed by atoms with Crippen LogP contribution < -0.4 is 33.4 Å². The zero-order valence-corrected chi connectivity index (χ0v) is 14.6. The monoisotopic (exact) mass is 396 g/mol. The lowest BCUT2D eigenvalue weighted by Gasteiger charge is -2.12. The smallest absolute Gasteiger partial charge is 0.207 e. The molecule has 0 aliphatic carbocycles. The first-order valence-electron chi connectivity index (χ1n) is 6.50. The van der Waals surface area contributed by atoms with Gasteiger partial charge < -0.3 is 28.9 Å². The SMILES string of the molecule is CC[n+]1ccccc1/C=C1\Sc2ccccc2N1C.[I-]. The van der Waals surface area contributed by atoms with Gasteiger partial charge in [0.05, 0.1) is 10.7 Å². The largest absolute Gasteiger partial charge is 1.00 e. The van der Waals surface area contributed by atoms with Crippen LogP contribution in [0.3, 0.4) is 0 Å². The molecule has 0 spiro atoms. The molecule has 1 aliphatic heterocycles. The Labute approximate surface area is 141 Å². The summed E-state index contributed by atoms with van der Waals surface area (Å²) in [4.78, 5) is 3.59. The molecule has 0 amide bonds. The summed E-state index contributed by atoms with van der Waals surface area (Å²) < 4.78 is 2.25. The highest BCUT2D eigenvalue weighted by Crippen LogP contribution is 2.45. The van der Waals surface area contributed by atoms with Crippen molar-refractivity contribution in [2.45, 2.75) is 18.4 Å². The van der Waals surface area contributed by atoms with E-state index in [1.165, 1.54) is 21.3 Å². The number of aryl methyl sites for hydroxylation is 1. The molecule has 0 fully saturated rings. The molecule has 0 saturated heterocycles. The lowest BCUT2D eigenvalue weighted by atomic mass is 10.3. The topological polar surface area (TPSA) is 7.12 Å². The fourth-order valence-corrected chi connectivity index (χ4v) is 3.38. The van der Waals surface area contributed by atoms with E-state index in [1.807, 2.05) is 11.8 Å². The van der Waals surface area contributed by atoms with Gasteiger partial charge in [-0.1, -0.05) is 23.9 Å². The number of nitrogens with zero attached hydrogens (tertiary/aromatic N) is 2. The predicted octanol–water partition coefficient (Wildman–Crippen LogP) is 0.538. The Hall–Kier alpha value is -1.01. The number of thioether (sulfide) groups is 1. The number of aromatic nitrogens is 1. The molecule has 0 radical (unpaired) electrons. The minimum absolute atomic E-state index is 0. The van der Waals surface area contributed by atoms with E-state index in [-0.39, 0.29) is 24.0 Å². The van der Waals surface area contributed by atoms with Gasteiger partial charge in [0, 0.05) is 30.2 Å². The van der Waals surface area contributed by atoms with Crippen molar-refractivity contribution in [2.75, 3.05) is 11.9 Å². The molecular weight excluding hydrogens is 379 g/mol. The second-order valence-corrected chi connectivity index (χ2v) is 5.59. The van der Waals surface area contributed by atoms with Crippen LogP contribution in [-0.4, -0.2) is 7.05 Å². The molecule has 0 saturated carbocycles. The molecule has 2 aromatic rings. The standard InChI is InChI=1S/C16H17N2S.HI/c1-3-18-11-7-6-8-13(18)12-16-17(2)14-9-4-5-10-15(14)19-16;/h4-12H,3H2,1-2H3;1H/q+1;/p-1. The van der Waals surface area contributed by atoms with E-state index in [9.17, 15) is 0 Å². The highest BCUT2D eigenvalue weighted by atomic mass is 127. The first-order chi connectivity index (χ1) is 9.29. The molecule has 1 aromatic heterocycles. The minimum atomic E-state index is 0. The first-order valence-corrected chi connectivity index (χ1v) is 7.32. The van der Waals surface area contributed by atoms with E-state index < -0.39 is 0 Å². The second-order valence-electron chi connectivity index (χ2n) is 4.52. The quantitative estimate of drug-likeness (QED) is 0.541. The number of pyridine rings is 1. The third kappa shape index (κ3) is 2.86. The highest BCUT2D eigenvalue weighted by molar-refractivity contribution is 8.03. The van der Waals surface area contributed by atoms with E-state index in [4.69, 9.17) is 0 Å². The molecule has 1 aliphatic rings. The maximum atomic E-state index is 2.26. The number of hydrogen-bond donors (Lipinski definition) is 0. The molecule has 4 heteroatoms. The Balaban J connectivity index is 0.00000147. The molecule has 2 heterocycles. The Morgan fingerprint density at radius 3 is 2.65 bits per heavy atom. The average Bonchev–Trinajstić information content (AvgIpc) is 2.77. The van der Waals surface area contributed by atoms with Gasteiger partial charge in [0.15, 0.2) is 6.20 Å². The molecule has 20 heavy (non-hydrogen) atoms. The Kier molecular flexibility index (Phi) is 5.10. The van der Waals surface area contributed by atoms with Crippen molar-refractivity contribution < 1.29 is 28.5 Å². The normalized spacial score (nSPS) is 15.1. The number of para-hydroxylation sites is 1. The highest BCUT2D eigenvalue weighted by Gasteiger charge is 2.22. The van der Waals surface area contributed by atoms with Gasteiger partial charge in [0.1, 0.15) is 6.54 Å². The third-order valence-electron chi connectivity index (χ3n) is 3.36. The number of hydrogen-bond acceptors (Lipinski definition) is 2. The van der Waals surface area contributed by atoms with Gasteiger partial charge in [-0.2, -0.15) is 4.57 Å². The summed E-state index contributed by atoms with van der Waals surface area (Å²) in [6.07, 6.45) is 4.38. The molecule has 0 bridgehead atoms. The molecule has 0 unspecified atom stereocenters. The zero-order chi connectivity index (χ0) is 13.2. The van der Waals surface area contributed by atoms with Crippen molar-refractivity contribution in [3.8, 4) is 0 Å². The van der Waals surface area contributed by atoms with Crippen LogP contribution >= 0.6 is 11.8 Å². The van der Waals surface area contributed by atoms with Gasteiger partial charge in [-0.05, 0) is 25.1 Å². The van der Waals surface area contributed by atoms with Crippen molar-refractivity contribution in [1.29, 1.82) is 0 Å². The molecule has 104 valence electrons. The first kappa shape index (κ1) is 15.4. The molecule has 2 nitrogen and oxygen atoms in total. The van der Waals surface area contributed by atoms with Crippen LogP contribution in [0.5, 0.6) is 0 Å². The average molecular weight is 396 g/mol. The summed E-state index contributed by atoms with van der Waals surface area (Å²) in [5, 5.41) is 1.27. The van der Waals surface area contributed by atoms with E-state index in [0.29, 0.717) is 0 Å². The van der Waals surface area contributed by atoms with Gasteiger partial charge in [-0.25, -0.2) is 0 Å². The van der Waals surface area contributed by atoms with Crippen molar-refractivity contribution in [3.63, 3.8) is 0 Å². The maximum Gasteiger partial charge on any atom is 0.207 e. The molecule has 1 aromatic carbocycles. The van der Waals surface area contributed by atoms with Crippen LogP contribution in [0.15, 0.2) is 58.6 Å². The molecule has 0 atom stereocenters. The summed E-state index contributed by atoms with van der Waals surface area (Å²) >= 11 is 1.83. The Morgan fingerprint density at radius 1 is 1.15 bits per heavy atom. The van der Waals surface area contributed by atoms with E-state index in [1.54, 1.807) is 0 Å². The van der Waals surface area contributed by atoms with E-state index in [0.717, 1.165) is 6.54 Å². The molecule has 3 rings (SSSR count). The van der Waals surface area contributed by atoms with Crippen molar-refractivity contribution >= 4 is 23.5 Å². The summed E-state index contributed by atoms with van der Waals surface area (Å²) in [7, 11) is 2.13. The van der Waals surface area contributed by atoms with Crippen molar-refractivity contribution in [3.05, 3.63) is 59.4 Å². The van der Waals surface area contributed by atoms with Crippen molar-refractivity contribution in [2.24, 2.45) is 0 Å². The number of halogens is 1. The maximum absolute atomic E-state index is 2.26. The zero-order valence-electron chi connectivity index (χ0n) is 11.6. The van der Waals surface area contributed by atoms with E-state index >= 15 is 0 Å². The minimum Gasteiger partial charge on any atom is -1.00 e. The molecule has 0 N–H and O–H groups in total. The fourth-order valence-electron chi connectivity index (χ4n) is 2.28. The van der Waals surface area contributed by atoms with Crippen LogP contribution in [0.25, 0.3) is 6.08 Å². The van der Waals surface area contributed by atoms with Gasteiger partial charge in [0.2, 0.25) is 5.69 Å². The lowest BCUT2D eigenvalue weighted by Crippen LogP contribution is -3.00. The van der Waals surface area contributed by atoms with Crippen LogP contribution in [0.4, 0.5) is 5.69 Å². The van der Waals surface area contributed by atoms with Crippen molar-refractivity contribution in [1.82, 2.24) is 0 Å². The molecular formula is C16H17IN2S. The second kappa shape index (κ2) is 6.63. The number of benzene rings is 1. The third-order valence-corrected chi connectivity index (χ3v) is 4.53. The Morgan fingerprint density at radius 2 is 1.90 bits per heavy atom.